The Morgan fingerprint density at radius 3 is 2.50 bits per heavy atom. The highest BCUT2D eigenvalue weighted by Gasteiger charge is 2.18. The molecular formula is C28H32N2O2. The third-order valence-electron chi connectivity index (χ3n) is 6.13. The highest BCUT2D eigenvalue weighted by Crippen LogP contribution is 2.25. The van der Waals surface area contributed by atoms with E-state index >= 15 is 0 Å². The molecule has 1 amide bonds. The molecule has 1 saturated heterocycles. The molecule has 166 valence electrons. The predicted molar refractivity (Wildman–Crippen MR) is 130 cm³/mol. The summed E-state index contributed by atoms with van der Waals surface area (Å²) in [4.78, 5) is 15.5. The summed E-state index contributed by atoms with van der Waals surface area (Å²) < 4.78 is 5.96. The van der Waals surface area contributed by atoms with Gasteiger partial charge in [0.25, 0.3) is 5.91 Å². The van der Waals surface area contributed by atoms with Gasteiger partial charge in [0.15, 0.2) is 0 Å². The van der Waals surface area contributed by atoms with Gasteiger partial charge in [-0.2, -0.15) is 0 Å². The van der Waals surface area contributed by atoms with Crippen molar-refractivity contribution in [3.63, 3.8) is 0 Å². The highest BCUT2D eigenvalue weighted by atomic mass is 16.5. The molecule has 0 radical (unpaired) electrons. The van der Waals surface area contributed by atoms with Crippen LogP contribution in [-0.4, -0.2) is 19.0 Å². The number of nitrogens with zero attached hydrogens (tertiary/aromatic N) is 1. The Hall–Kier alpha value is -3.27. The second-order valence-electron chi connectivity index (χ2n) is 8.75. The van der Waals surface area contributed by atoms with Crippen molar-refractivity contribution >= 4 is 11.6 Å². The molecule has 4 nitrogen and oxygen atoms in total. The summed E-state index contributed by atoms with van der Waals surface area (Å²) in [5, 5.41) is 3.12. The van der Waals surface area contributed by atoms with Crippen LogP contribution < -0.4 is 15.0 Å². The van der Waals surface area contributed by atoms with Gasteiger partial charge in [-0.3, -0.25) is 4.79 Å². The largest absolute Gasteiger partial charge is 0.488 e. The summed E-state index contributed by atoms with van der Waals surface area (Å²) in [5.74, 6) is 1.21. The zero-order chi connectivity index (χ0) is 22.3. The predicted octanol–water partition coefficient (Wildman–Crippen LogP) is 5.99. The number of benzene rings is 3. The number of hydrogen-bond donors (Lipinski definition) is 1. The van der Waals surface area contributed by atoms with Crippen LogP contribution in [0.4, 0.5) is 5.69 Å². The monoisotopic (exact) mass is 428 g/mol. The van der Waals surface area contributed by atoms with Gasteiger partial charge in [-0.25, -0.2) is 0 Å². The van der Waals surface area contributed by atoms with Crippen molar-refractivity contribution in [2.24, 2.45) is 5.92 Å². The van der Waals surface area contributed by atoms with E-state index in [2.05, 4.69) is 41.4 Å². The van der Waals surface area contributed by atoms with Gasteiger partial charge in [0.1, 0.15) is 12.4 Å². The molecule has 0 spiro atoms. The summed E-state index contributed by atoms with van der Waals surface area (Å²) >= 11 is 0. The zero-order valence-corrected chi connectivity index (χ0v) is 19.0. The minimum Gasteiger partial charge on any atom is -0.488 e. The van der Waals surface area contributed by atoms with Gasteiger partial charge in [0.2, 0.25) is 0 Å². The SMILES string of the molecule is CC1CCCN(c2ccc(C(C)NC(=O)c3ccccc3OCc3ccccc3)cc2)C1. The molecule has 4 rings (SSSR count). The molecule has 3 aromatic rings. The number of anilines is 1. The zero-order valence-electron chi connectivity index (χ0n) is 19.0. The van der Waals surface area contributed by atoms with Gasteiger partial charge in [-0.1, -0.05) is 61.5 Å². The Morgan fingerprint density at radius 2 is 1.75 bits per heavy atom. The molecule has 1 aliphatic heterocycles. The molecule has 3 aromatic carbocycles. The fourth-order valence-electron chi connectivity index (χ4n) is 4.27. The summed E-state index contributed by atoms with van der Waals surface area (Å²) in [5.41, 5.74) is 3.97. The Morgan fingerprint density at radius 1 is 1.03 bits per heavy atom. The Balaban J connectivity index is 1.39. The van der Waals surface area contributed by atoms with E-state index in [0.29, 0.717) is 17.9 Å². The van der Waals surface area contributed by atoms with Crippen molar-refractivity contribution in [1.82, 2.24) is 5.32 Å². The standard InChI is InChI=1S/C28H32N2O2/c1-21-9-8-18-30(19-21)25-16-14-24(15-17-25)22(2)29-28(31)26-12-6-7-13-27(26)32-20-23-10-4-3-5-11-23/h3-7,10-17,21-22H,8-9,18-20H2,1-2H3,(H,29,31). The molecule has 0 saturated carbocycles. The minimum absolute atomic E-state index is 0.0981. The number of amides is 1. The first-order valence-electron chi connectivity index (χ1n) is 11.5. The number of para-hydroxylation sites is 1. The third-order valence-corrected chi connectivity index (χ3v) is 6.13. The van der Waals surface area contributed by atoms with Crippen LogP contribution in [-0.2, 0) is 6.61 Å². The number of carbonyl (C=O) groups is 1. The van der Waals surface area contributed by atoms with Gasteiger partial charge >= 0.3 is 0 Å². The van der Waals surface area contributed by atoms with Crippen LogP contribution in [0.2, 0.25) is 0 Å². The molecule has 2 unspecified atom stereocenters. The first kappa shape index (κ1) is 21.9. The number of ether oxygens (including phenoxy) is 1. The minimum atomic E-state index is -0.130. The highest BCUT2D eigenvalue weighted by molar-refractivity contribution is 5.97. The third kappa shape index (κ3) is 5.50. The molecule has 1 heterocycles. The summed E-state index contributed by atoms with van der Waals surface area (Å²) in [6.45, 7) is 7.00. The maximum atomic E-state index is 13.0. The van der Waals surface area contributed by atoms with E-state index in [0.717, 1.165) is 30.1 Å². The van der Waals surface area contributed by atoms with Crippen LogP contribution in [0.25, 0.3) is 0 Å². The lowest BCUT2D eigenvalue weighted by Crippen LogP contribution is -2.34. The fourth-order valence-corrected chi connectivity index (χ4v) is 4.27. The van der Waals surface area contributed by atoms with E-state index in [1.165, 1.54) is 18.5 Å². The van der Waals surface area contributed by atoms with Crippen molar-refractivity contribution in [1.29, 1.82) is 0 Å². The van der Waals surface area contributed by atoms with Crippen LogP contribution in [0.15, 0.2) is 78.9 Å². The van der Waals surface area contributed by atoms with Crippen LogP contribution in [0.1, 0.15) is 54.2 Å². The second kappa shape index (κ2) is 10.4. The summed E-state index contributed by atoms with van der Waals surface area (Å²) in [6.07, 6.45) is 2.56. The quantitative estimate of drug-likeness (QED) is 0.502. The van der Waals surface area contributed by atoms with Gasteiger partial charge in [-0.05, 0) is 61.1 Å². The lowest BCUT2D eigenvalue weighted by atomic mass is 9.99. The first-order valence-corrected chi connectivity index (χ1v) is 11.5. The van der Waals surface area contributed by atoms with Crippen LogP contribution in [0.5, 0.6) is 5.75 Å². The molecule has 2 atom stereocenters. The molecule has 32 heavy (non-hydrogen) atoms. The lowest BCUT2D eigenvalue weighted by Gasteiger charge is -2.33. The fraction of sp³-hybridized carbons (Fsp3) is 0.321. The average molecular weight is 429 g/mol. The molecule has 0 aliphatic carbocycles. The Labute approximate surface area is 191 Å². The first-order chi connectivity index (χ1) is 15.6. The molecule has 0 aromatic heterocycles. The topological polar surface area (TPSA) is 41.6 Å². The van der Waals surface area contributed by atoms with Crippen molar-refractivity contribution in [3.8, 4) is 5.75 Å². The van der Waals surface area contributed by atoms with E-state index in [1.54, 1.807) is 0 Å². The molecule has 0 bridgehead atoms. The van der Waals surface area contributed by atoms with Gasteiger partial charge in [0.05, 0.1) is 11.6 Å². The van der Waals surface area contributed by atoms with Crippen molar-refractivity contribution < 1.29 is 9.53 Å². The van der Waals surface area contributed by atoms with E-state index in [9.17, 15) is 4.79 Å². The maximum Gasteiger partial charge on any atom is 0.255 e. The molecular weight excluding hydrogens is 396 g/mol. The summed E-state index contributed by atoms with van der Waals surface area (Å²) in [6, 6.07) is 25.9. The van der Waals surface area contributed by atoms with Crippen LogP contribution in [0, 0.1) is 5.92 Å². The van der Waals surface area contributed by atoms with Crippen molar-refractivity contribution in [2.75, 3.05) is 18.0 Å². The molecule has 1 fully saturated rings. The number of rotatable bonds is 7. The van der Waals surface area contributed by atoms with Gasteiger partial charge in [0, 0.05) is 18.8 Å². The lowest BCUT2D eigenvalue weighted by molar-refractivity contribution is 0.0935. The number of piperidine rings is 1. The maximum absolute atomic E-state index is 13.0. The molecule has 1 aliphatic rings. The van der Waals surface area contributed by atoms with Gasteiger partial charge in [-0.15, -0.1) is 0 Å². The summed E-state index contributed by atoms with van der Waals surface area (Å²) in [7, 11) is 0. The van der Waals surface area contributed by atoms with E-state index < -0.39 is 0 Å². The van der Waals surface area contributed by atoms with E-state index in [-0.39, 0.29) is 11.9 Å². The van der Waals surface area contributed by atoms with Crippen molar-refractivity contribution in [3.05, 3.63) is 95.6 Å². The van der Waals surface area contributed by atoms with Crippen molar-refractivity contribution in [2.45, 2.75) is 39.3 Å². The van der Waals surface area contributed by atoms with Gasteiger partial charge < -0.3 is 15.0 Å². The Kier molecular flexibility index (Phi) is 7.10. The number of nitrogens with one attached hydrogen (secondary N) is 1. The second-order valence-corrected chi connectivity index (χ2v) is 8.75. The number of carbonyl (C=O) groups excluding carboxylic acids is 1. The van der Waals surface area contributed by atoms with Crippen LogP contribution in [0.3, 0.4) is 0 Å². The van der Waals surface area contributed by atoms with E-state index in [4.69, 9.17) is 4.74 Å². The molecule has 4 heteroatoms. The molecule has 1 N–H and O–H groups in total. The average Bonchev–Trinajstić information content (AvgIpc) is 2.83. The van der Waals surface area contributed by atoms with Crippen LogP contribution >= 0.6 is 0 Å². The Bertz CT molecular complexity index is 1020. The smallest absolute Gasteiger partial charge is 0.255 e. The normalized spacial score (nSPS) is 16.9. The van der Waals surface area contributed by atoms with E-state index in [1.807, 2.05) is 61.5 Å². The number of hydrogen-bond acceptors (Lipinski definition) is 3.